The molecule has 172 valence electrons. The van der Waals surface area contributed by atoms with Gasteiger partial charge in [0.05, 0.1) is 17.8 Å². The molecule has 2 atom stereocenters. The standard InChI is InChI=1S/C28H28N4OS/c1-4-20-9-5-6-11-25(20)31-18(2)17-23(19(31)3)27-26(24-10-7-8-16-29-24)30-28(34)32(27)21-12-14-22(33)15-13-21/h5-17,26-27,33H,4H2,1-3H3,(H,30,34)/t26-,27-/m0/s1. The van der Waals surface area contributed by atoms with E-state index in [0.29, 0.717) is 5.11 Å². The number of rotatable bonds is 5. The second kappa shape index (κ2) is 8.95. The highest BCUT2D eigenvalue weighted by Gasteiger charge is 2.42. The maximum Gasteiger partial charge on any atom is 0.174 e. The number of pyridine rings is 1. The lowest BCUT2D eigenvalue weighted by Gasteiger charge is -2.28. The maximum absolute atomic E-state index is 9.86. The normalized spacial score (nSPS) is 17.7. The molecule has 0 saturated carbocycles. The predicted octanol–water partition coefficient (Wildman–Crippen LogP) is 5.93. The van der Waals surface area contributed by atoms with Crippen molar-refractivity contribution >= 4 is 23.0 Å². The molecule has 0 unspecified atom stereocenters. The molecule has 0 radical (unpaired) electrons. The quantitative estimate of drug-likeness (QED) is 0.355. The lowest BCUT2D eigenvalue weighted by Crippen LogP contribution is -2.29. The van der Waals surface area contributed by atoms with Crippen LogP contribution in [0.4, 0.5) is 5.69 Å². The van der Waals surface area contributed by atoms with Crippen LogP contribution in [-0.2, 0) is 6.42 Å². The summed E-state index contributed by atoms with van der Waals surface area (Å²) in [4.78, 5) is 6.81. The van der Waals surface area contributed by atoms with Gasteiger partial charge in [-0.1, -0.05) is 31.2 Å². The molecule has 2 aromatic carbocycles. The SMILES string of the molecule is CCc1ccccc1-n1c(C)cc([C@H]2[C@H](c3ccccn3)NC(=S)N2c2ccc(O)cc2)c1C. The smallest absolute Gasteiger partial charge is 0.174 e. The fourth-order valence-corrected chi connectivity index (χ4v) is 5.39. The molecule has 1 aliphatic heterocycles. The molecule has 2 aromatic heterocycles. The molecular formula is C28H28N4OS. The molecule has 6 heteroatoms. The van der Waals surface area contributed by atoms with Crippen LogP contribution in [0.25, 0.3) is 5.69 Å². The van der Waals surface area contributed by atoms with Crippen molar-refractivity contribution in [2.24, 2.45) is 0 Å². The van der Waals surface area contributed by atoms with Gasteiger partial charge in [0, 0.05) is 29.0 Å². The van der Waals surface area contributed by atoms with E-state index in [9.17, 15) is 5.11 Å². The minimum atomic E-state index is -0.113. The van der Waals surface area contributed by atoms with Crippen molar-refractivity contribution in [3.8, 4) is 11.4 Å². The van der Waals surface area contributed by atoms with E-state index in [1.807, 2.05) is 36.5 Å². The van der Waals surface area contributed by atoms with Crippen LogP contribution < -0.4 is 10.2 Å². The van der Waals surface area contributed by atoms with Crippen LogP contribution >= 0.6 is 12.2 Å². The van der Waals surface area contributed by atoms with Crippen molar-refractivity contribution < 1.29 is 5.11 Å². The molecule has 0 bridgehead atoms. The van der Waals surface area contributed by atoms with Crippen LogP contribution in [0.2, 0.25) is 0 Å². The zero-order chi connectivity index (χ0) is 23.8. The Morgan fingerprint density at radius 2 is 1.74 bits per heavy atom. The largest absolute Gasteiger partial charge is 0.508 e. The van der Waals surface area contributed by atoms with Gasteiger partial charge >= 0.3 is 0 Å². The monoisotopic (exact) mass is 468 g/mol. The summed E-state index contributed by atoms with van der Waals surface area (Å²) in [6.45, 7) is 6.53. The average Bonchev–Trinajstić information content (AvgIpc) is 3.35. The minimum Gasteiger partial charge on any atom is -0.508 e. The topological polar surface area (TPSA) is 53.3 Å². The van der Waals surface area contributed by atoms with Crippen LogP contribution in [0.5, 0.6) is 5.75 Å². The van der Waals surface area contributed by atoms with E-state index in [1.165, 1.54) is 28.2 Å². The third-order valence-corrected chi connectivity index (χ3v) is 6.94. The summed E-state index contributed by atoms with van der Waals surface area (Å²) >= 11 is 5.84. The first-order chi connectivity index (χ1) is 16.5. The van der Waals surface area contributed by atoms with E-state index in [4.69, 9.17) is 12.2 Å². The molecule has 2 N–H and O–H groups in total. The molecular weight excluding hydrogens is 440 g/mol. The van der Waals surface area contributed by atoms with E-state index in [-0.39, 0.29) is 17.8 Å². The minimum absolute atomic E-state index is 0.0966. The Labute approximate surface area is 205 Å². The zero-order valence-corrected chi connectivity index (χ0v) is 20.4. The molecule has 5 nitrogen and oxygen atoms in total. The molecule has 0 aliphatic carbocycles. The van der Waals surface area contributed by atoms with Crippen LogP contribution in [-0.4, -0.2) is 19.8 Å². The molecule has 4 aromatic rings. The fraction of sp³-hybridized carbons (Fsp3) is 0.214. The second-order valence-electron chi connectivity index (χ2n) is 8.66. The van der Waals surface area contributed by atoms with E-state index in [2.05, 4.69) is 70.9 Å². The summed E-state index contributed by atoms with van der Waals surface area (Å²) in [7, 11) is 0. The first kappa shape index (κ1) is 22.2. The van der Waals surface area contributed by atoms with Gasteiger partial charge in [-0.2, -0.15) is 0 Å². The number of thiocarbonyl (C=S) groups is 1. The lowest BCUT2D eigenvalue weighted by atomic mass is 9.96. The lowest BCUT2D eigenvalue weighted by molar-refractivity contribution is 0.475. The van der Waals surface area contributed by atoms with Crippen molar-refractivity contribution in [1.82, 2.24) is 14.9 Å². The molecule has 0 spiro atoms. The summed E-state index contributed by atoms with van der Waals surface area (Å²) in [6.07, 6.45) is 2.79. The molecule has 1 saturated heterocycles. The number of hydrogen-bond donors (Lipinski definition) is 2. The Morgan fingerprint density at radius 3 is 2.44 bits per heavy atom. The molecule has 34 heavy (non-hydrogen) atoms. The summed E-state index contributed by atoms with van der Waals surface area (Å²) in [6, 6.07) is 23.8. The van der Waals surface area contributed by atoms with Gasteiger partial charge < -0.3 is 19.9 Å². The molecule has 1 aliphatic rings. The molecule has 0 amide bonds. The van der Waals surface area contributed by atoms with Gasteiger partial charge in [0.2, 0.25) is 0 Å². The molecule has 1 fully saturated rings. The third-order valence-electron chi connectivity index (χ3n) is 6.63. The number of hydrogen-bond acceptors (Lipinski definition) is 3. The Hall–Kier alpha value is -3.64. The molecule has 5 rings (SSSR count). The highest BCUT2D eigenvalue weighted by molar-refractivity contribution is 7.80. The summed E-state index contributed by atoms with van der Waals surface area (Å²) in [5.74, 6) is 0.231. The fourth-order valence-electron chi connectivity index (χ4n) is 5.05. The van der Waals surface area contributed by atoms with Crippen LogP contribution in [0.15, 0.2) is 79.0 Å². The van der Waals surface area contributed by atoms with Crippen LogP contribution in [0.1, 0.15) is 47.2 Å². The third kappa shape index (κ3) is 3.74. The van der Waals surface area contributed by atoms with Gasteiger partial charge in [-0.3, -0.25) is 4.98 Å². The molecule has 3 heterocycles. The summed E-state index contributed by atoms with van der Waals surface area (Å²) in [5.41, 5.74) is 7.95. The van der Waals surface area contributed by atoms with Gasteiger partial charge in [0.25, 0.3) is 0 Å². The summed E-state index contributed by atoms with van der Waals surface area (Å²) < 4.78 is 2.35. The van der Waals surface area contributed by atoms with E-state index in [0.717, 1.165) is 17.8 Å². The van der Waals surface area contributed by atoms with Gasteiger partial charge in [0.15, 0.2) is 5.11 Å². The Kier molecular flexibility index (Phi) is 5.84. The first-order valence-electron chi connectivity index (χ1n) is 11.6. The Bertz CT molecular complexity index is 1330. The number of benzene rings is 2. The highest BCUT2D eigenvalue weighted by atomic mass is 32.1. The van der Waals surface area contributed by atoms with Crippen LogP contribution in [0.3, 0.4) is 0 Å². The Morgan fingerprint density at radius 1 is 1.00 bits per heavy atom. The van der Waals surface area contributed by atoms with Crippen molar-refractivity contribution in [2.45, 2.75) is 39.3 Å². The van der Waals surface area contributed by atoms with Crippen molar-refractivity contribution in [3.63, 3.8) is 0 Å². The predicted molar refractivity (Wildman–Crippen MR) is 141 cm³/mol. The Balaban J connectivity index is 1.69. The highest BCUT2D eigenvalue weighted by Crippen LogP contribution is 2.44. The number of phenolic OH excluding ortho intramolecular Hbond substituents is 1. The number of aromatic nitrogens is 2. The van der Waals surface area contributed by atoms with Gasteiger partial charge in [-0.25, -0.2) is 0 Å². The number of anilines is 1. The second-order valence-corrected chi connectivity index (χ2v) is 9.04. The van der Waals surface area contributed by atoms with Crippen molar-refractivity contribution in [3.05, 3.63) is 107 Å². The average molecular weight is 469 g/mol. The van der Waals surface area contributed by atoms with Gasteiger partial charge in [-0.05, 0) is 92.1 Å². The number of phenols is 1. The van der Waals surface area contributed by atoms with Gasteiger partial charge in [0.1, 0.15) is 5.75 Å². The van der Waals surface area contributed by atoms with E-state index in [1.54, 1.807) is 12.1 Å². The van der Waals surface area contributed by atoms with E-state index >= 15 is 0 Å². The summed E-state index contributed by atoms with van der Waals surface area (Å²) in [5, 5.41) is 14.0. The number of para-hydroxylation sites is 1. The maximum atomic E-state index is 9.86. The van der Waals surface area contributed by atoms with Crippen molar-refractivity contribution in [2.75, 3.05) is 4.90 Å². The number of aromatic hydroxyl groups is 1. The van der Waals surface area contributed by atoms with E-state index < -0.39 is 0 Å². The van der Waals surface area contributed by atoms with Crippen molar-refractivity contribution in [1.29, 1.82) is 0 Å². The number of aryl methyl sites for hydroxylation is 2. The van der Waals surface area contributed by atoms with Crippen LogP contribution in [0, 0.1) is 13.8 Å². The first-order valence-corrected chi connectivity index (χ1v) is 12.0. The number of nitrogens with one attached hydrogen (secondary N) is 1. The zero-order valence-electron chi connectivity index (χ0n) is 19.6. The van der Waals surface area contributed by atoms with Gasteiger partial charge in [-0.15, -0.1) is 0 Å². The number of nitrogens with zero attached hydrogens (tertiary/aromatic N) is 3.